The van der Waals surface area contributed by atoms with Crippen molar-refractivity contribution in [2.24, 2.45) is 22.8 Å². The molecule has 2 heterocycles. The molecule has 9 heteroatoms. The highest BCUT2D eigenvalue weighted by molar-refractivity contribution is 6.30. The molecule has 28 heavy (non-hydrogen) atoms. The van der Waals surface area contributed by atoms with E-state index in [-0.39, 0.29) is 28.2 Å². The summed E-state index contributed by atoms with van der Waals surface area (Å²) in [6.45, 7) is 2.23. The number of hydrogen-bond donors (Lipinski definition) is 3. The minimum absolute atomic E-state index is 0.100. The summed E-state index contributed by atoms with van der Waals surface area (Å²) in [4.78, 5) is 23.4. The van der Waals surface area contributed by atoms with Gasteiger partial charge in [-0.3, -0.25) is 4.79 Å². The van der Waals surface area contributed by atoms with Crippen molar-refractivity contribution < 1.29 is 4.79 Å². The molecule has 2 aliphatic carbocycles. The zero-order valence-corrected chi connectivity index (χ0v) is 17.2. The number of nitrogens with two attached hydrogens (primary N) is 3. The molecule has 1 saturated heterocycles. The number of carbonyl (C=O) groups is 1. The van der Waals surface area contributed by atoms with Gasteiger partial charge in [-0.25, -0.2) is 4.98 Å². The van der Waals surface area contributed by atoms with Crippen LogP contribution < -0.4 is 22.1 Å². The summed E-state index contributed by atoms with van der Waals surface area (Å²) in [5.41, 5.74) is 18.7. The number of allylic oxidation sites excluding steroid dienone is 2. The van der Waals surface area contributed by atoms with Crippen molar-refractivity contribution in [1.29, 1.82) is 0 Å². The molecule has 1 aromatic rings. The summed E-state index contributed by atoms with van der Waals surface area (Å²) in [6.07, 6.45) is 7.97. The highest BCUT2D eigenvalue weighted by Crippen LogP contribution is 2.49. The summed E-state index contributed by atoms with van der Waals surface area (Å²) >= 11 is 12.8. The predicted molar refractivity (Wildman–Crippen MR) is 112 cm³/mol. The lowest BCUT2D eigenvalue weighted by Gasteiger charge is -2.29. The molecular formula is C19H26Cl2N6O. The maximum absolute atomic E-state index is 12.2. The van der Waals surface area contributed by atoms with Gasteiger partial charge in [0.1, 0.15) is 11.5 Å². The minimum atomic E-state index is -0.646. The Kier molecular flexibility index (Phi) is 5.18. The molecule has 0 aromatic carbocycles. The number of rotatable bonds is 4. The molecule has 2 fully saturated rings. The SMILES string of the molecule is NC[C@@]12CCC[C@@H]1CN(c1nc(N)c(C3C=CCC(Cl)C3Cl)c(C(N)=O)n1)C2. The van der Waals surface area contributed by atoms with Crippen LogP contribution in [0.3, 0.4) is 0 Å². The van der Waals surface area contributed by atoms with Crippen LogP contribution in [0.2, 0.25) is 0 Å². The van der Waals surface area contributed by atoms with E-state index in [0.29, 0.717) is 30.4 Å². The number of anilines is 2. The average Bonchev–Trinajstić information content (AvgIpc) is 3.21. The van der Waals surface area contributed by atoms with E-state index < -0.39 is 11.3 Å². The number of carbonyl (C=O) groups excluding carboxylic acids is 1. The molecule has 4 rings (SSSR count). The number of primary amides is 1. The Morgan fingerprint density at radius 2 is 2.14 bits per heavy atom. The highest BCUT2D eigenvalue weighted by atomic mass is 35.5. The summed E-state index contributed by atoms with van der Waals surface area (Å²) in [5, 5.41) is -0.688. The van der Waals surface area contributed by atoms with E-state index in [1.807, 2.05) is 12.2 Å². The molecule has 0 radical (unpaired) electrons. The first-order valence-electron chi connectivity index (χ1n) is 9.73. The van der Waals surface area contributed by atoms with Gasteiger partial charge in [-0.05, 0) is 31.7 Å². The molecular weight excluding hydrogens is 399 g/mol. The van der Waals surface area contributed by atoms with Crippen molar-refractivity contribution in [3.8, 4) is 0 Å². The number of nitrogens with zero attached hydrogens (tertiary/aromatic N) is 3. The molecule has 0 bridgehead atoms. The van der Waals surface area contributed by atoms with Gasteiger partial charge >= 0.3 is 0 Å². The Bertz CT molecular complexity index is 818. The molecule has 3 aliphatic rings. The molecule has 0 spiro atoms. The second kappa shape index (κ2) is 7.35. The topological polar surface area (TPSA) is 124 Å². The molecule has 3 unspecified atom stereocenters. The largest absolute Gasteiger partial charge is 0.383 e. The van der Waals surface area contributed by atoms with Gasteiger partial charge in [-0.2, -0.15) is 4.98 Å². The van der Waals surface area contributed by atoms with Gasteiger partial charge in [0.05, 0.1) is 10.8 Å². The standard InChI is InChI=1S/C19H26Cl2N6O/c20-12-5-1-4-11(14(12)21)13-15(17(24)28)25-18(26-16(13)23)27-7-10-3-2-6-19(10,8-22)9-27/h1,4,10-12,14H,2-3,5-9,22H2,(H2,24,28)(H2,23,25,26)/t10-,11?,12?,14?,19-/m1/s1. The molecule has 7 nitrogen and oxygen atoms in total. The minimum Gasteiger partial charge on any atom is -0.383 e. The van der Waals surface area contributed by atoms with Gasteiger partial charge in [0, 0.05) is 30.0 Å². The van der Waals surface area contributed by atoms with Crippen LogP contribution in [0.15, 0.2) is 12.2 Å². The van der Waals surface area contributed by atoms with Crippen molar-refractivity contribution in [3.05, 3.63) is 23.4 Å². The van der Waals surface area contributed by atoms with Gasteiger partial charge in [0.25, 0.3) is 5.91 Å². The average molecular weight is 425 g/mol. The third kappa shape index (κ3) is 3.13. The number of halogens is 2. The third-order valence-electron chi connectivity index (χ3n) is 6.65. The van der Waals surface area contributed by atoms with Crippen LogP contribution in [0.25, 0.3) is 0 Å². The molecule has 152 valence electrons. The first-order valence-corrected chi connectivity index (χ1v) is 10.6. The maximum atomic E-state index is 12.2. The summed E-state index contributed by atoms with van der Waals surface area (Å²) in [5.74, 6) is 0.175. The molecule has 1 saturated carbocycles. The summed E-state index contributed by atoms with van der Waals surface area (Å²) in [7, 11) is 0. The fraction of sp³-hybridized carbons (Fsp3) is 0.632. The second-order valence-electron chi connectivity index (χ2n) is 8.22. The fourth-order valence-electron chi connectivity index (χ4n) is 5.10. The van der Waals surface area contributed by atoms with Crippen molar-refractivity contribution in [3.63, 3.8) is 0 Å². The summed E-state index contributed by atoms with van der Waals surface area (Å²) in [6, 6.07) is 0. The van der Waals surface area contributed by atoms with Crippen molar-refractivity contribution in [2.75, 3.05) is 30.3 Å². The van der Waals surface area contributed by atoms with Crippen molar-refractivity contribution in [2.45, 2.75) is 42.4 Å². The Morgan fingerprint density at radius 3 is 2.82 bits per heavy atom. The van der Waals surface area contributed by atoms with Crippen LogP contribution >= 0.6 is 23.2 Å². The Balaban J connectivity index is 1.71. The maximum Gasteiger partial charge on any atom is 0.267 e. The third-order valence-corrected chi connectivity index (χ3v) is 7.81. The Hall–Kier alpha value is -1.57. The number of hydrogen-bond acceptors (Lipinski definition) is 6. The smallest absolute Gasteiger partial charge is 0.267 e. The van der Waals surface area contributed by atoms with Gasteiger partial charge in [0.15, 0.2) is 0 Å². The van der Waals surface area contributed by atoms with Crippen LogP contribution in [-0.2, 0) is 0 Å². The predicted octanol–water partition coefficient (Wildman–Crippen LogP) is 1.98. The van der Waals surface area contributed by atoms with Gasteiger partial charge < -0.3 is 22.1 Å². The second-order valence-corrected chi connectivity index (χ2v) is 9.29. The van der Waals surface area contributed by atoms with E-state index in [9.17, 15) is 4.79 Å². The monoisotopic (exact) mass is 424 g/mol. The quantitative estimate of drug-likeness (QED) is 0.501. The fourth-order valence-corrected chi connectivity index (χ4v) is 5.68. The molecule has 1 amide bonds. The molecule has 1 aromatic heterocycles. The van der Waals surface area contributed by atoms with Crippen molar-refractivity contribution >= 4 is 40.9 Å². The lowest BCUT2D eigenvalue weighted by Crippen LogP contribution is -2.35. The van der Waals surface area contributed by atoms with Gasteiger partial charge in [0.2, 0.25) is 5.95 Å². The van der Waals surface area contributed by atoms with E-state index >= 15 is 0 Å². The zero-order chi connectivity index (χ0) is 20.1. The molecule has 5 atom stereocenters. The Morgan fingerprint density at radius 1 is 1.36 bits per heavy atom. The lowest BCUT2D eigenvalue weighted by molar-refractivity contribution is 0.0994. The molecule has 6 N–H and O–H groups in total. The zero-order valence-electron chi connectivity index (χ0n) is 15.7. The van der Waals surface area contributed by atoms with Crippen LogP contribution in [-0.4, -0.2) is 46.3 Å². The van der Waals surface area contributed by atoms with Gasteiger partial charge in [-0.1, -0.05) is 18.6 Å². The van der Waals surface area contributed by atoms with Crippen LogP contribution in [0.5, 0.6) is 0 Å². The number of amides is 1. The number of aromatic nitrogens is 2. The highest BCUT2D eigenvalue weighted by Gasteiger charge is 2.49. The first kappa shape index (κ1) is 19.7. The van der Waals surface area contributed by atoms with Crippen LogP contribution in [0.1, 0.15) is 47.7 Å². The van der Waals surface area contributed by atoms with Gasteiger partial charge in [-0.15, -0.1) is 23.2 Å². The first-order chi connectivity index (χ1) is 13.4. The van der Waals surface area contributed by atoms with E-state index in [2.05, 4.69) is 14.9 Å². The van der Waals surface area contributed by atoms with Crippen LogP contribution in [0, 0.1) is 11.3 Å². The van der Waals surface area contributed by atoms with E-state index in [1.54, 1.807) is 0 Å². The number of nitrogen functional groups attached to an aromatic ring is 1. The van der Waals surface area contributed by atoms with E-state index in [1.165, 1.54) is 6.42 Å². The number of fused-ring (bicyclic) bond motifs is 1. The lowest BCUT2D eigenvalue weighted by atomic mass is 9.81. The van der Waals surface area contributed by atoms with E-state index in [4.69, 9.17) is 40.4 Å². The van der Waals surface area contributed by atoms with Crippen LogP contribution in [0.4, 0.5) is 11.8 Å². The summed E-state index contributed by atoms with van der Waals surface area (Å²) < 4.78 is 0. The van der Waals surface area contributed by atoms with E-state index in [0.717, 1.165) is 25.9 Å². The molecule has 1 aliphatic heterocycles. The Labute approximate surface area is 174 Å². The number of alkyl halides is 2. The van der Waals surface area contributed by atoms with Crippen molar-refractivity contribution in [1.82, 2.24) is 9.97 Å². The normalized spacial score (nSPS) is 34.6.